The summed E-state index contributed by atoms with van der Waals surface area (Å²) in [5, 5.41) is 3.28. The quantitative estimate of drug-likeness (QED) is 0.694. The lowest BCUT2D eigenvalue weighted by Crippen LogP contribution is -2.21. The molecule has 1 nitrogen and oxygen atoms in total. The summed E-state index contributed by atoms with van der Waals surface area (Å²) in [6.07, 6.45) is 15.7. The summed E-state index contributed by atoms with van der Waals surface area (Å²) in [5.74, 6) is 0.512. The van der Waals surface area contributed by atoms with Gasteiger partial charge in [-0.05, 0) is 39.3 Å². The van der Waals surface area contributed by atoms with Gasteiger partial charge in [-0.1, -0.05) is 42.0 Å². The molecule has 0 spiro atoms. The topological polar surface area (TPSA) is 12.0 Å². The van der Waals surface area contributed by atoms with Crippen molar-refractivity contribution in [2.75, 3.05) is 13.6 Å². The Kier molecular flexibility index (Phi) is 5.87. The van der Waals surface area contributed by atoms with E-state index in [1.807, 2.05) is 7.05 Å². The van der Waals surface area contributed by atoms with E-state index in [1.54, 1.807) is 0 Å². The highest BCUT2D eigenvalue weighted by molar-refractivity contribution is 5.33. The molecule has 16 heavy (non-hydrogen) atoms. The molecular weight excluding hydrogens is 194 g/mol. The summed E-state index contributed by atoms with van der Waals surface area (Å²) in [6.45, 7) is 5.28. The minimum absolute atomic E-state index is 0.512. The summed E-state index contributed by atoms with van der Waals surface area (Å²) in [7, 11) is 2.02. The minimum atomic E-state index is 0.512. The first kappa shape index (κ1) is 13.0. The van der Waals surface area contributed by atoms with Gasteiger partial charge in [0.1, 0.15) is 0 Å². The van der Waals surface area contributed by atoms with Crippen molar-refractivity contribution in [1.82, 2.24) is 5.32 Å². The second-order valence-electron chi connectivity index (χ2n) is 4.23. The van der Waals surface area contributed by atoms with Crippen LogP contribution in [0.4, 0.5) is 0 Å². The van der Waals surface area contributed by atoms with Crippen molar-refractivity contribution in [2.24, 2.45) is 5.92 Å². The molecule has 1 heteroatoms. The van der Waals surface area contributed by atoms with Gasteiger partial charge < -0.3 is 5.32 Å². The van der Waals surface area contributed by atoms with Gasteiger partial charge in [-0.2, -0.15) is 0 Å². The lowest BCUT2D eigenvalue weighted by atomic mass is 9.88. The second-order valence-corrected chi connectivity index (χ2v) is 4.23. The van der Waals surface area contributed by atoms with Crippen LogP contribution < -0.4 is 5.32 Å². The Morgan fingerprint density at radius 1 is 1.50 bits per heavy atom. The zero-order valence-corrected chi connectivity index (χ0v) is 10.7. The van der Waals surface area contributed by atoms with Gasteiger partial charge >= 0.3 is 0 Å². The SMILES string of the molecule is C/C=C\C=C(/C)C(CNC)C1=CCCC=C1. The van der Waals surface area contributed by atoms with Gasteiger partial charge in [0.25, 0.3) is 0 Å². The van der Waals surface area contributed by atoms with Gasteiger partial charge in [0, 0.05) is 12.5 Å². The molecule has 0 fully saturated rings. The third-order valence-corrected chi connectivity index (χ3v) is 2.94. The summed E-state index contributed by atoms with van der Waals surface area (Å²) in [5.41, 5.74) is 2.88. The Morgan fingerprint density at radius 3 is 2.88 bits per heavy atom. The molecule has 1 rings (SSSR count). The van der Waals surface area contributed by atoms with Gasteiger partial charge in [-0.3, -0.25) is 0 Å². The van der Waals surface area contributed by atoms with Crippen LogP contribution in [0.15, 0.2) is 47.6 Å². The second kappa shape index (κ2) is 7.24. The van der Waals surface area contributed by atoms with Gasteiger partial charge in [0.2, 0.25) is 0 Å². The van der Waals surface area contributed by atoms with Crippen molar-refractivity contribution in [2.45, 2.75) is 26.7 Å². The summed E-state index contributed by atoms with van der Waals surface area (Å²) in [6, 6.07) is 0. The smallest absolute Gasteiger partial charge is 0.0170 e. The molecule has 0 radical (unpaired) electrons. The molecule has 0 bridgehead atoms. The first-order chi connectivity index (χ1) is 7.79. The monoisotopic (exact) mass is 217 g/mol. The lowest BCUT2D eigenvalue weighted by molar-refractivity contribution is 0.647. The molecule has 0 aromatic carbocycles. The number of hydrogen-bond acceptors (Lipinski definition) is 1. The number of rotatable bonds is 5. The number of allylic oxidation sites excluding steroid dienone is 6. The molecule has 88 valence electrons. The Labute approximate surface area is 99.6 Å². The first-order valence-corrected chi connectivity index (χ1v) is 6.10. The van der Waals surface area contributed by atoms with E-state index in [1.165, 1.54) is 24.0 Å². The lowest BCUT2D eigenvalue weighted by Gasteiger charge is -2.20. The van der Waals surface area contributed by atoms with Crippen molar-refractivity contribution < 1.29 is 0 Å². The van der Waals surface area contributed by atoms with Crippen LogP contribution in [-0.4, -0.2) is 13.6 Å². The largest absolute Gasteiger partial charge is 0.319 e. The van der Waals surface area contributed by atoms with Crippen molar-refractivity contribution in [3.05, 3.63) is 47.6 Å². The van der Waals surface area contributed by atoms with Crippen molar-refractivity contribution in [3.63, 3.8) is 0 Å². The molecule has 1 aliphatic rings. The molecule has 0 saturated carbocycles. The van der Waals surface area contributed by atoms with Crippen LogP contribution in [0, 0.1) is 5.92 Å². The fourth-order valence-corrected chi connectivity index (χ4v) is 2.00. The van der Waals surface area contributed by atoms with E-state index in [-0.39, 0.29) is 0 Å². The molecule has 0 aliphatic heterocycles. The van der Waals surface area contributed by atoms with Crippen LogP contribution in [-0.2, 0) is 0 Å². The minimum Gasteiger partial charge on any atom is -0.319 e. The zero-order valence-electron chi connectivity index (χ0n) is 10.7. The van der Waals surface area contributed by atoms with Crippen LogP contribution in [0.25, 0.3) is 0 Å². The highest BCUT2D eigenvalue weighted by Gasteiger charge is 2.14. The average molecular weight is 217 g/mol. The maximum atomic E-state index is 3.28. The van der Waals surface area contributed by atoms with Crippen LogP contribution in [0.2, 0.25) is 0 Å². The maximum absolute atomic E-state index is 3.28. The normalized spacial score (nSPS) is 18.9. The van der Waals surface area contributed by atoms with Crippen molar-refractivity contribution >= 4 is 0 Å². The van der Waals surface area contributed by atoms with Gasteiger partial charge in [-0.25, -0.2) is 0 Å². The van der Waals surface area contributed by atoms with Gasteiger partial charge in [0.05, 0.1) is 0 Å². The van der Waals surface area contributed by atoms with Gasteiger partial charge in [0.15, 0.2) is 0 Å². The molecule has 0 saturated heterocycles. The molecule has 1 atom stereocenters. The molecule has 0 aromatic heterocycles. The number of hydrogen-bond donors (Lipinski definition) is 1. The standard InChI is InChI=1S/C15H23N/c1-4-5-9-13(2)15(12-16-3)14-10-7-6-8-11-14/h4-5,7,9-11,15-16H,6,8,12H2,1-3H3/b5-4-,13-9+. The van der Waals surface area contributed by atoms with Crippen molar-refractivity contribution in [1.29, 1.82) is 0 Å². The molecule has 0 amide bonds. The predicted molar refractivity (Wildman–Crippen MR) is 72.4 cm³/mol. The highest BCUT2D eigenvalue weighted by atomic mass is 14.8. The van der Waals surface area contributed by atoms with E-state index in [0.29, 0.717) is 5.92 Å². The van der Waals surface area contributed by atoms with E-state index in [2.05, 4.69) is 55.6 Å². The number of nitrogens with one attached hydrogen (secondary N) is 1. The van der Waals surface area contributed by atoms with E-state index in [4.69, 9.17) is 0 Å². The molecule has 1 unspecified atom stereocenters. The molecular formula is C15H23N. The molecule has 1 aliphatic carbocycles. The highest BCUT2D eigenvalue weighted by Crippen LogP contribution is 2.24. The maximum Gasteiger partial charge on any atom is 0.0170 e. The summed E-state index contributed by atoms with van der Waals surface area (Å²) >= 11 is 0. The Bertz CT molecular complexity index is 318. The Balaban J connectivity index is 2.81. The van der Waals surface area contributed by atoms with E-state index in [0.717, 1.165) is 6.54 Å². The molecule has 0 heterocycles. The predicted octanol–water partition coefficient (Wildman–Crippen LogP) is 3.62. The van der Waals surface area contributed by atoms with Crippen molar-refractivity contribution in [3.8, 4) is 0 Å². The van der Waals surface area contributed by atoms with E-state index >= 15 is 0 Å². The summed E-state index contributed by atoms with van der Waals surface area (Å²) < 4.78 is 0. The fraction of sp³-hybridized carbons (Fsp3) is 0.467. The van der Waals surface area contributed by atoms with Crippen LogP contribution in [0.3, 0.4) is 0 Å². The van der Waals surface area contributed by atoms with Crippen LogP contribution in [0.1, 0.15) is 26.7 Å². The Morgan fingerprint density at radius 2 is 2.31 bits per heavy atom. The molecule has 0 aromatic rings. The third-order valence-electron chi connectivity index (χ3n) is 2.94. The Hall–Kier alpha value is -1.08. The van der Waals surface area contributed by atoms with Gasteiger partial charge in [-0.15, -0.1) is 0 Å². The van der Waals surface area contributed by atoms with E-state index < -0.39 is 0 Å². The third kappa shape index (κ3) is 3.82. The van der Waals surface area contributed by atoms with E-state index in [9.17, 15) is 0 Å². The van der Waals surface area contributed by atoms with Crippen LogP contribution in [0.5, 0.6) is 0 Å². The molecule has 1 N–H and O–H groups in total. The fourth-order valence-electron chi connectivity index (χ4n) is 2.00. The zero-order chi connectivity index (χ0) is 11.8. The first-order valence-electron chi connectivity index (χ1n) is 6.10. The average Bonchev–Trinajstić information content (AvgIpc) is 2.34. The summed E-state index contributed by atoms with van der Waals surface area (Å²) in [4.78, 5) is 0. The van der Waals surface area contributed by atoms with Crippen LogP contribution >= 0.6 is 0 Å².